The summed E-state index contributed by atoms with van der Waals surface area (Å²) in [6.45, 7) is 0.0592. The van der Waals surface area contributed by atoms with Gasteiger partial charge in [0.25, 0.3) is 5.69 Å². The lowest BCUT2D eigenvalue weighted by atomic mass is 10.1. The van der Waals surface area contributed by atoms with Crippen molar-refractivity contribution in [1.82, 2.24) is 4.31 Å². The first-order valence-corrected chi connectivity index (χ1v) is 7.75. The highest BCUT2D eigenvalue weighted by Crippen LogP contribution is 2.27. The normalized spacial score (nSPS) is 20.1. The van der Waals surface area contributed by atoms with Gasteiger partial charge in [-0.1, -0.05) is 12.5 Å². The quantitative estimate of drug-likeness (QED) is 0.564. The minimum absolute atomic E-state index is 0.0592. The minimum atomic E-state index is -4.10. The molecule has 0 aromatic heterocycles. The molecule has 9 heteroatoms. The molecule has 1 aliphatic heterocycles. The van der Waals surface area contributed by atoms with E-state index in [1.54, 1.807) is 0 Å². The predicted molar refractivity (Wildman–Crippen MR) is 69.6 cm³/mol. The predicted octanol–water partition coefficient (Wildman–Crippen LogP) is -0.112. The summed E-state index contributed by atoms with van der Waals surface area (Å²) in [4.78, 5) is 20.8. The smallest absolute Gasteiger partial charge is 0.270 e. The zero-order valence-corrected chi connectivity index (χ0v) is 11.8. The van der Waals surface area contributed by atoms with Crippen LogP contribution in [0.5, 0.6) is 0 Å². The lowest BCUT2D eigenvalue weighted by Gasteiger charge is -2.35. The number of non-ortho nitro benzene ring substituents is 1. The molecule has 0 radical (unpaired) electrons. The zero-order valence-electron chi connectivity index (χ0n) is 11.0. The van der Waals surface area contributed by atoms with Crippen molar-refractivity contribution in [2.24, 2.45) is 0 Å². The molecule has 0 N–H and O–H groups in total. The maximum absolute atomic E-state index is 12.5. The summed E-state index contributed by atoms with van der Waals surface area (Å²) in [5, 5.41) is 21.8. The highest BCUT2D eigenvalue weighted by Gasteiger charge is 2.34. The summed E-state index contributed by atoms with van der Waals surface area (Å²) in [5.74, 6) is -1.45. The van der Waals surface area contributed by atoms with Gasteiger partial charge in [-0.2, -0.15) is 4.31 Å². The fourth-order valence-corrected chi connectivity index (χ4v) is 4.01. The average molecular weight is 313 g/mol. The second-order valence-corrected chi connectivity index (χ2v) is 6.59. The number of sulfonamides is 1. The highest BCUT2D eigenvalue weighted by molar-refractivity contribution is 7.89. The minimum Gasteiger partial charge on any atom is -0.548 e. The number of rotatable bonds is 4. The van der Waals surface area contributed by atoms with Gasteiger partial charge in [-0.25, -0.2) is 8.42 Å². The van der Waals surface area contributed by atoms with Crippen molar-refractivity contribution in [1.29, 1.82) is 0 Å². The molecule has 0 aliphatic carbocycles. The van der Waals surface area contributed by atoms with Crippen molar-refractivity contribution < 1.29 is 23.2 Å². The number of piperidine rings is 1. The van der Waals surface area contributed by atoms with Gasteiger partial charge >= 0.3 is 0 Å². The SMILES string of the molecule is O=C([O-])[C@@H]1CCCCN1S(=O)(=O)c1cccc([N+](=O)[O-])c1. The van der Waals surface area contributed by atoms with Gasteiger partial charge in [-0.3, -0.25) is 10.1 Å². The van der Waals surface area contributed by atoms with Crippen LogP contribution in [0.15, 0.2) is 29.2 Å². The van der Waals surface area contributed by atoms with Crippen LogP contribution in [0.25, 0.3) is 0 Å². The number of carboxylic acid groups (broad SMARTS) is 1. The Morgan fingerprint density at radius 1 is 1.33 bits per heavy atom. The van der Waals surface area contributed by atoms with Crippen molar-refractivity contribution in [2.75, 3.05) is 6.54 Å². The molecule has 2 rings (SSSR count). The Bertz CT molecular complexity index is 672. The van der Waals surface area contributed by atoms with E-state index < -0.39 is 27.0 Å². The third-order valence-electron chi connectivity index (χ3n) is 3.36. The van der Waals surface area contributed by atoms with E-state index in [4.69, 9.17) is 0 Å². The molecule has 0 spiro atoms. The first-order valence-electron chi connectivity index (χ1n) is 6.31. The average Bonchev–Trinajstić information content (AvgIpc) is 2.47. The lowest BCUT2D eigenvalue weighted by molar-refractivity contribution is -0.385. The van der Waals surface area contributed by atoms with Gasteiger partial charge in [0.05, 0.1) is 21.8 Å². The number of carbonyl (C=O) groups is 1. The second kappa shape index (κ2) is 5.78. The third kappa shape index (κ3) is 3.03. The van der Waals surface area contributed by atoms with Gasteiger partial charge < -0.3 is 9.90 Å². The Balaban J connectivity index is 2.43. The van der Waals surface area contributed by atoms with Gasteiger partial charge in [0, 0.05) is 18.7 Å². The number of carbonyl (C=O) groups excluding carboxylic acids is 1. The molecule has 21 heavy (non-hydrogen) atoms. The van der Waals surface area contributed by atoms with E-state index in [1.165, 1.54) is 18.2 Å². The first-order chi connectivity index (χ1) is 9.84. The number of nitrogens with zero attached hydrogens (tertiary/aromatic N) is 2. The third-order valence-corrected chi connectivity index (χ3v) is 5.26. The fourth-order valence-electron chi connectivity index (χ4n) is 2.32. The summed E-state index contributed by atoms with van der Waals surface area (Å²) in [6.07, 6.45) is 1.31. The monoisotopic (exact) mass is 313 g/mol. The van der Waals surface area contributed by atoms with Crippen molar-refractivity contribution in [3.05, 3.63) is 34.4 Å². The fraction of sp³-hybridized carbons (Fsp3) is 0.417. The molecule has 1 aromatic rings. The van der Waals surface area contributed by atoms with Gasteiger partial charge in [0.15, 0.2) is 0 Å². The molecule has 0 bridgehead atoms. The molecule has 1 aromatic carbocycles. The largest absolute Gasteiger partial charge is 0.548 e. The summed E-state index contributed by atoms with van der Waals surface area (Å²) >= 11 is 0. The Morgan fingerprint density at radius 2 is 2.05 bits per heavy atom. The number of aliphatic carboxylic acids is 1. The lowest BCUT2D eigenvalue weighted by Crippen LogP contribution is -2.52. The topological polar surface area (TPSA) is 121 Å². The van der Waals surface area contributed by atoms with Crippen molar-refractivity contribution >= 4 is 21.7 Å². The van der Waals surface area contributed by atoms with Crippen LogP contribution in [0.1, 0.15) is 19.3 Å². The summed E-state index contributed by atoms with van der Waals surface area (Å²) in [6, 6.07) is 3.33. The Labute approximate surface area is 121 Å². The van der Waals surface area contributed by atoms with E-state index in [9.17, 15) is 28.4 Å². The summed E-state index contributed by atoms with van der Waals surface area (Å²) < 4.78 is 25.8. The van der Waals surface area contributed by atoms with Crippen LogP contribution in [0.4, 0.5) is 5.69 Å². The van der Waals surface area contributed by atoms with Crippen molar-refractivity contribution in [3.8, 4) is 0 Å². The van der Waals surface area contributed by atoms with Crippen LogP contribution in [0.3, 0.4) is 0 Å². The molecule has 0 amide bonds. The molecule has 0 saturated carbocycles. The molecule has 1 heterocycles. The Kier molecular flexibility index (Phi) is 4.24. The molecule has 1 fully saturated rings. The molecule has 1 aliphatic rings. The van der Waals surface area contributed by atoms with Crippen molar-refractivity contribution in [2.45, 2.75) is 30.2 Å². The summed E-state index contributed by atoms with van der Waals surface area (Å²) in [7, 11) is -4.10. The van der Waals surface area contributed by atoms with Gasteiger partial charge in [0.1, 0.15) is 0 Å². The van der Waals surface area contributed by atoms with Crippen LogP contribution in [-0.4, -0.2) is 36.2 Å². The molecule has 114 valence electrons. The number of nitro groups is 1. The highest BCUT2D eigenvalue weighted by atomic mass is 32.2. The van der Waals surface area contributed by atoms with Crippen LogP contribution in [0.2, 0.25) is 0 Å². The van der Waals surface area contributed by atoms with Crippen LogP contribution >= 0.6 is 0 Å². The van der Waals surface area contributed by atoms with E-state index in [2.05, 4.69) is 0 Å². The first kappa shape index (κ1) is 15.4. The van der Waals surface area contributed by atoms with Crippen LogP contribution < -0.4 is 5.11 Å². The number of hydrogen-bond donors (Lipinski definition) is 0. The maximum atomic E-state index is 12.5. The number of carboxylic acids is 1. The molecule has 1 saturated heterocycles. The van der Waals surface area contributed by atoms with E-state index in [0.29, 0.717) is 12.8 Å². The Hall–Kier alpha value is -2.00. The second-order valence-electron chi connectivity index (χ2n) is 4.70. The molecular formula is C12H13N2O6S-. The van der Waals surface area contributed by atoms with Gasteiger partial charge in [-0.05, 0) is 18.9 Å². The standard InChI is InChI=1S/C12H14N2O6S/c15-12(16)11-6-1-2-7-13(11)21(19,20)10-5-3-4-9(8-10)14(17)18/h3-5,8,11H,1-2,6-7H2,(H,15,16)/p-1/t11-/m0/s1. The zero-order chi connectivity index (χ0) is 15.6. The van der Waals surface area contributed by atoms with E-state index in [1.807, 2.05) is 0 Å². The molecule has 0 unspecified atom stereocenters. The van der Waals surface area contributed by atoms with Crippen LogP contribution in [-0.2, 0) is 14.8 Å². The van der Waals surface area contributed by atoms with Crippen LogP contribution in [0, 0.1) is 10.1 Å². The van der Waals surface area contributed by atoms with Gasteiger partial charge in [0.2, 0.25) is 10.0 Å². The summed E-state index contributed by atoms with van der Waals surface area (Å²) in [5.41, 5.74) is -0.363. The molecule has 1 atom stereocenters. The van der Waals surface area contributed by atoms with E-state index in [0.717, 1.165) is 10.4 Å². The van der Waals surface area contributed by atoms with E-state index in [-0.39, 0.29) is 23.5 Å². The Morgan fingerprint density at radius 3 is 2.67 bits per heavy atom. The molecule has 8 nitrogen and oxygen atoms in total. The number of nitro benzene ring substituents is 1. The van der Waals surface area contributed by atoms with Gasteiger partial charge in [-0.15, -0.1) is 0 Å². The van der Waals surface area contributed by atoms with Crippen molar-refractivity contribution in [3.63, 3.8) is 0 Å². The number of benzene rings is 1. The maximum Gasteiger partial charge on any atom is 0.270 e. The molecular weight excluding hydrogens is 300 g/mol. The van der Waals surface area contributed by atoms with E-state index >= 15 is 0 Å². The number of hydrogen-bond acceptors (Lipinski definition) is 6.